The number of fused-ring (bicyclic) bond motifs is 15. The summed E-state index contributed by atoms with van der Waals surface area (Å²) in [5.74, 6) is 0.850. The lowest BCUT2D eigenvalue weighted by Crippen LogP contribution is -2.55. The van der Waals surface area contributed by atoms with Gasteiger partial charge in [-0.05, 0) is 61.5 Å². The fourth-order valence-corrected chi connectivity index (χ4v) is 8.04. The molecule has 0 unspecified atom stereocenters. The van der Waals surface area contributed by atoms with Gasteiger partial charge in [0.05, 0.1) is 0 Å². The van der Waals surface area contributed by atoms with Crippen LogP contribution in [0.3, 0.4) is 0 Å². The van der Waals surface area contributed by atoms with Gasteiger partial charge in [0.15, 0.2) is 0 Å². The van der Waals surface area contributed by atoms with Gasteiger partial charge in [-0.2, -0.15) is 0 Å². The lowest BCUT2D eigenvalue weighted by molar-refractivity contribution is 0.625. The number of hydrogen-bond acceptors (Lipinski definition) is 5. The normalized spacial score (nSPS) is 13.8. The maximum absolute atomic E-state index is 6.79. The van der Waals surface area contributed by atoms with Crippen molar-refractivity contribution in [1.82, 2.24) is 0 Å². The molecule has 2 aliphatic heterocycles. The number of thiophene rings is 1. The fourth-order valence-electron chi connectivity index (χ4n) is 6.96. The van der Waals surface area contributed by atoms with Gasteiger partial charge in [-0.1, -0.05) is 60.2 Å². The van der Waals surface area contributed by atoms with E-state index in [9.17, 15) is 0 Å². The summed E-state index contributed by atoms with van der Waals surface area (Å²) in [5, 5.41) is 4.80. The summed E-state index contributed by atoms with van der Waals surface area (Å²) in [7, 11) is 0. The number of benzene rings is 5. The summed E-state index contributed by atoms with van der Waals surface area (Å²) in [5.41, 5.74) is 9.60. The van der Waals surface area contributed by atoms with Crippen LogP contribution in [0.25, 0.3) is 53.2 Å². The van der Waals surface area contributed by atoms with Crippen LogP contribution in [-0.2, 0) is 0 Å². The van der Waals surface area contributed by atoms with Crippen molar-refractivity contribution in [3.8, 4) is 11.1 Å². The van der Waals surface area contributed by atoms with Crippen molar-refractivity contribution in [3.63, 3.8) is 0 Å². The highest BCUT2D eigenvalue weighted by Crippen LogP contribution is 2.56. The Kier molecular flexibility index (Phi) is 4.06. The van der Waals surface area contributed by atoms with Crippen LogP contribution in [0, 0.1) is 6.92 Å². The third-order valence-corrected chi connectivity index (χ3v) is 9.83. The van der Waals surface area contributed by atoms with E-state index in [0.29, 0.717) is 0 Å². The van der Waals surface area contributed by atoms with Crippen LogP contribution < -0.4 is 15.3 Å². The fraction of sp³-hybridized carbons (Fsp3) is 0.0286. The molecular weight excluding hydrogens is 523 g/mol. The maximum Gasteiger partial charge on any atom is 0.462 e. The monoisotopic (exact) mass is 544 g/mol. The summed E-state index contributed by atoms with van der Waals surface area (Å²) < 4.78 is 16.1. The van der Waals surface area contributed by atoms with Crippen molar-refractivity contribution in [2.24, 2.45) is 0 Å². The lowest BCUT2D eigenvalue weighted by atomic mass is 9.63. The minimum absolute atomic E-state index is 0.228. The third kappa shape index (κ3) is 2.75. The van der Waals surface area contributed by atoms with E-state index < -0.39 is 0 Å². The first-order chi connectivity index (χ1) is 20.2. The first-order valence-electron chi connectivity index (χ1n) is 13.9. The number of furan rings is 2. The highest BCUT2D eigenvalue weighted by Gasteiger charge is 2.53. The van der Waals surface area contributed by atoms with Crippen molar-refractivity contribution >= 4 is 89.0 Å². The van der Waals surface area contributed by atoms with Gasteiger partial charge in [0, 0.05) is 53.4 Å². The molecule has 0 aliphatic carbocycles. The number of nitrogens with zero attached hydrogens (tertiary/aromatic N) is 2. The molecule has 6 heteroatoms. The Bertz CT molecular complexity index is 2380. The Morgan fingerprint density at radius 3 is 2.24 bits per heavy atom. The quantitative estimate of drug-likeness (QED) is 0.193. The predicted octanol–water partition coefficient (Wildman–Crippen LogP) is 9.52. The van der Waals surface area contributed by atoms with Crippen LogP contribution >= 0.6 is 11.3 Å². The maximum atomic E-state index is 6.79. The molecule has 5 aromatic carbocycles. The van der Waals surface area contributed by atoms with Gasteiger partial charge in [-0.15, -0.1) is 11.3 Å². The van der Waals surface area contributed by atoms with E-state index in [1.165, 1.54) is 36.9 Å². The smallest absolute Gasteiger partial charge is 0.462 e. The zero-order valence-corrected chi connectivity index (χ0v) is 22.9. The molecule has 5 heterocycles. The van der Waals surface area contributed by atoms with E-state index >= 15 is 0 Å². The van der Waals surface area contributed by atoms with Gasteiger partial charge in [-0.25, -0.2) is 0 Å². The SMILES string of the molecule is Cc1ccc2c(c1)-c1c(oc3ccccc13)B1N2c2oc3ccccc3c2N1c1ccc2sc3ccccc3c2c1. The van der Waals surface area contributed by atoms with Crippen LogP contribution in [0.15, 0.2) is 118 Å². The summed E-state index contributed by atoms with van der Waals surface area (Å²) in [6, 6.07) is 39.0. The van der Waals surface area contributed by atoms with Crippen molar-refractivity contribution in [1.29, 1.82) is 0 Å². The molecule has 2 aliphatic rings. The molecule has 3 aromatic heterocycles. The summed E-state index contributed by atoms with van der Waals surface area (Å²) >= 11 is 1.84. The van der Waals surface area contributed by atoms with Crippen LogP contribution in [0.2, 0.25) is 0 Å². The van der Waals surface area contributed by atoms with Gasteiger partial charge in [0.1, 0.15) is 22.5 Å². The Labute approximate surface area is 239 Å². The standard InChI is InChI=1S/C35H21BN2O2S/c1-20-14-16-27-26(18-20)32-23-9-2-5-11-28(23)39-34(32)36-37(33-24-10-3-6-12-29(24)40-35(33)38(27)36)21-15-17-31-25(19-21)22-8-4-7-13-30(22)41-31/h2-19H,1H3. The summed E-state index contributed by atoms with van der Waals surface area (Å²) in [4.78, 5) is 4.77. The van der Waals surface area contributed by atoms with Gasteiger partial charge in [-0.3, -0.25) is 0 Å². The van der Waals surface area contributed by atoms with Gasteiger partial charge in [0.25, 0.3) is 0 Å². The third-order valence-electron chi connectivity index (χ3n) is 8.68. The highest BCUT2D eigenvalue weighted by molar-refractivity contribution is 7.25. The molecule has 0 radical (unpaired) electrons. The second-order valence-electron chi connectivity index (χ2n) is 11.0. The van der Waals surface area contributed by atoms with Crippen molar-refractivity contribution in [2.45, 2.75) is 6.92 Å². The van der Waals surface area contributed by atoms with E-state index in [0.717, 1.165) is 50.5 Å². The molecule has 10 rings (SSSR count). The zero-order chi connectivity index (χ0) is 26.8. The summed E-state index contributed by atoms with van der Waals surface area (Å²) in [6.45, 7) is 1.92. The van der Waals surface area contributed by atoms with Crippen LogP contribution in [0.1, 0.15) is 5.56 Å². The van der Waals surface area contributed by atoms with Crippen LogP contribution in [0.4, 0.5) is 22.9 Å². The minimum atomic E-state index is -0.228. The largest absolute Gasteiger partial charge is 0.465 e. The van der Waals surface area contributed by atoms with Crippen LogP contribution in [0.5, 0.6) is 0 Å². The van der Waals surface area contributed by atoms with E-state index in [-0.39, 0.29) is 6.98 Å². The highest BCUT2D eigenvalue weighted by atomic mass is 32.1. The number of rotatable bonds is 1. The Morgan fingerprint density at radius 1 is 0.634 bits per heavy atom. The van der Waals surface area contributed by atoms with E-state index in [2.05, 4.69) is 114 Å². The molecular formula is C35H21BN2O2S. The Morgan fingerprint density at radius 2 is 1.37 bits per heavy atom. The average molecular weight is 544 g/mol. The molecule has 0 bridgehead atoms. The number of para-hydroxylation sites is 2. The van der Waals surface area contributed by atoms with E-state index in [1.807, 2.05) is 23.5 Å². The molecule has 0 saturated heterocycles. The van der Waals surface area contributed by atoms with Crippen molar-refractivity contribution in [2.75, 3.05) is 9.62 Å². The molecule has 0 fully saturated rings. The molecule has 0 spiro atoms. The minimum Gasteiger partial charge on any atom is -0.465 e. The molecule has 0 atom stereocenters. The first-order valence-corrected chi connectivity index (χ1v) is 14.7. The summed E-state index contributed by atoms with van der Waals surface area (Å²) in [6.07, 6.45) is 0. The molecule has 8 aromatic rings. The lowest BCUT2D eigenvalue weighted by Gasteiger charge is -2.33. The van der Waals surface area contributed by atoms with Gasteiger partial charge >= 0.3 is 6.98 Å². The van der Waals surface area contributed by atoms with Crippen LogP contribution in [-0.4, -0.2) is 6.98 Å². The number of aryl methyl sites for hydroxylation is 1. The molecule has 192 valence electrons. The Balaban J connectivity index is 1.33. The number of anilines is 4. The van der Waals surface area contributed by atoms with Gasteiger partial charge < -0.3 is 18.5 Å². The van der Waals surface area contributed by atoms with Crippen molar-refractivity contribution < 1.29 is 8.83 Å². The first kappa shape index (κ1) is 21.8. The molecule has 0 amide bonds. The molecule has 4 nitrogen and oxygen atoms in total. The second kappa shape index (κ2) is 7.62. The average Bonchev–Trinajstić information content (AvgIpc) is 3.75. The topological polar surface area (TPSA) is 32.8 Å². The van der Waals surface area contributed by atoms with E-state index in [4.69, 9.17) is 8.83 Å². The number of hydrogen-bond donors (Lipinski definition) is 0. The van der Waals surface area contributed by atoms with Gasteiger partial charge in [0.2, 0.25) is 5.88 Å². The molecule has 0 N–H and O–H groups in total. The van der Waals surface area contributed by atoms with E-state index in [1.54, 1.807) is 0 Å². The van der Waals surface area contributed by atoms with Crippen molar-refractivity contribution in [3.05, 3.63) is 115 Å². The molecule has 41 heavy (non-hydrogen) atoms. The predicted molar refractivity (Wildman–Crippen MR) is 172 cm³/mol. The Hall–Kier alpha value is -4.94. The molecule has 0 saturated carbocycles. The zero-order valence-electron chi connectivity index (χ0n) is 22.1. The second-order valence-corrected chi connectivity index (χ2v) is 12.1.